The Balaban J connectivity index is 2.13. The summed E-state index contributed by atoms with van der Waals surface area (Å²) in [5.74, 6) is 0.950. The fraction of sp³-hybridized carbons (Fsp3) is 0.400. The molecule has 1 N–H and O–H groups in total. The SMILES string of the molecule is CCCNC(Cc1cncc(Br)c1)c1coc(C)c1. The molecule has 0 amide bonds. The van der Waals surface area contributed by atoms with E-state index < -0.39 is 0 Å². The number of rotatable bonds is 6. The van der Waals surface area contributed by atoms with Gasteiger partial charge in [0.25, 0.3) is 0 Å². The molecule has 4 heteroatoms. The fourth-order valence-electron chi connectivity index (χ4n) is 2.08. The van der Waals surface area contributed by atoms with Crippen molar-refractivity contribution in [3.8, 4) is 0 Å². The van der Waals surface area contributed by atoms with Gasteiger partial charge in [-0.05, 0) is 59.9 Å². The number of aryl methyl sites for hydroxylation is 1. The van der Waals surface area contributed by atoms with Gasteiger partial charge in [-0.25, -0.2) is 0 Å². The largest absolute Gasteiger partial charge is 0.469 e. The topological polar surface area (TPSA) is 38.1 Å². The van der Waals surface area contributed by atoms with E-state index in [4.69, 9.17) is 4.42 Å². The van der Waals surface area contributed by atoms with Gasteiger partial charge in [-0.2, -0.15) is 0 Å². The number of nitrogens with zero attached hydrogens (tertiary/aromatic N) is 1. The van der Waals surface area contributed by atoms with Gasteiger partial charge in [-0.3, -0.25) is 4.98 Å². The van der Waals surface area contributed by atoms with Crippen molar-refractivity contribution in [2.24, 2.45) is 0 Å². The minimum absolute atomic E-state index is 0.272. The number of pyridine rings is 1. The fourth-order valence-corrected chi connectivity index (χ4v) is 2.49. The maximum absolute atomic E-state index is 5.42. The van der Waals surface area contributed by atoms with Gasteiger partial charge in [0.1, 0.15) is 5.76 Å². The van der Waals surface area contributed by atoms with Crippen LogP contribution >= 0.6 is 15.9 Å². The summed E-state index contributed by atoms with van der Waals surface area (Å²) in [5.41, 5.74) is 2.41. The first kappa shape index (κ1) is 14.3. The zero-order chi connectivity index (χ0) is 13.7. The van der Waals surface area contributed by atoms with Gasteiger partial charge in [0.05, 0.1) is 6.26 Å². The molecule has 1 atom stereocenters. The molecular weight excluding hydrogens is 304 g/mol. The van der Waals surface area contributed by atoms with E-state index in [1.165, 1.54) is 11.1 Å². The zero-order valence-electron chi connectivity index (χ0n) is 11.3. The Kier molecular flexibility index (Phi) is 5.16. The van der Waals surface area contributed by atoms with Crippen LogP contribution in [-0.2, 0) is 6.42 Å². The van der Waals surface area contributed by atoms with E-state index in [1.807, 2.05) is 19.4 Å². The van der Waals surface area contributed by atoms with Crippen molar-refractivity contribution in [3.63, 3.8) is 0 Å². The highest BCUT2D eigenvalue weighted by atomic mass is 79.9. The Morgan fingerprint density at radius 1 is 1.37 bits per heavy atom. The number of hydrogen-bond acceptors (Lipinski definition) is 3. The number of aromatic nitrogens is 1. The average Bonchev–Trinajstić information content (AvgIpc) is 2.81. The van der Waals surface area contributed by atoms with Crippen molar-refractivity contribution in [3.05, 3.63) is 52.1 Å². The van der Waals surface area contributed by atoms with Crippen molar-refractivity contribution in [1.82, 2.24) is 10.3 Å². The van der Waals surface area contributed by atoms with E-state index in [1.54, 1.807) is 6.20 Å². The molecule has 0 saturated heterocycles. The van der Waals surface area contributed by atoms with Gasteiger partial charge in [-0.15, -0.1) is 0 Å². The lowest BCUT2D eigenvalue weighted by molar-refractivity contribution is 0.503. The van der Waals surface area contributed by atoms with Crippen LogP contribution in [0.5, 0.6) is 0 Å². The molecular formula is C15H19BrN2O. The Labute approximate surface area is 122 Å². The second-order valence-corrected chi connectivity index (χ2v) is 5.63. The van der Waals surface area contributed by atoms with Crippen LogP contribution < -0.4 is 5.32 Å². The predicted octanol–water partition coefficient (Wildman–Crippen LogP) is 4.03. The summed E-state index contributed by atoms with van der Waals surface area (Å²) in [6, 6.07) is 4.48. The van der Waals surface area contributed by atoms with Gasteiger partial charge in [0.2, 0.25) is 0 Å². The maximum Gasteiger partial charge on any atom is 0.101 e. The van der Waals surface area contributed by atoms with Crippen LogP contribution in [0.15, 0.2) is 39.7 Å². The van der Waals surface area contributed by atoms with Gasteiger partial charge >= 0.3 is 0 Å². The summed E-state index contributed by atoms with van der Waals surface area (Å²) in [6.07, 6.45) is 7.59. The molecule has 0 fully saturated rings. The third-order valence-electron chi connectivity index (χ3n) is 3.00. The predicted molar refractivity (Wildman–Crippen MR) is 80.1 cm³/mol. The van der Waals surface area contributed by atoms with Crippen LogP contribution in [0.2, 0.25) is 0 Å². The lowest BCUT2D eigenvalue weighted by atomic mass is 10.0. The van der Waals surface area contributed by atoms with Crippen LogP contribution in [-0.4, -0.2) is 11.5 Å². The molecule has 3 nitrogen and oxygen atoms in total. The molecule has 0 spiro atoms. The molecule has 0 aliphatic heterocycles. The first-order chi connectivity index (χ1) is 9.19. The molecule has 2 aromatic heterocycles. The Bertz CT molecular complexity index is 524. The highest BCUT2D eigenvalue weighted by molar-refractivity contribution is 9.10. The molecule has 19 heavy (non-hydrogen) atoms. The van der Waals surface area contributed by atoms with Crippen molar-refractivity contribution >= 4 is 15.9 Å². The molecule has 0 aliphatic rings. The molecule has 1 unspecified atom stereocenters. The summed E-state index contributed by atoms with van der Waals surface area (Å²) >= 11 is 3.46. The third kappa shape index (κ3) is 4.18. The van der Waals surface area contributed by atoms with Crippen molar-refractivity contribution in [2.45, 2.75) is 32.7 Å². The molecule has 0 saturated carbocycles. The Hall–Kier alpha value is -1.13. The minimum atomic E-state index is 0.272. The van der Waals surface area contributed by atoms with E-state index in [2.05, 4.69) is 45.3 Å². The lowest BCUT2D eigenvalue weighted by Crippen LogP contribution is -2.23. The highest BCUT2D eigenvalue weighted by Gasteiger charge is 2.14. The average molecular weight is 323 g/mol. The summed E-state index contributed by atoms with van der Waals surface area (Å²) in [7, 11) is 0. The Morgan fingerprint density at radius 3 is 2.84 bits per heavy atom. The first-order valence-corrected chi connectivity index (χ1v) is 7.36. The van der Waals surface area contributed by atoms with Crippen LogP contribution in [0.1, 0.15) is 36.3 Å². The molecule has 0 aromatic carbocycles. The molecule has 2 aromatic rings. The van der Waals surface area contributed by atoms with E-state index >= 15 is 0 Å². The van der Waals surface area contributed by atoms with Gasteiger partial charge in [0, 0.05) is 28.5 Å². The molecule has 0 radical (unpaired) electrons. The van der Waals surface area contributed by atoms with Crippen molar-refractivity contribution in [1.29, 1.82) is 0 Å². The van der Waals surface area contributed by atoms with Gasteiger partial charge < -0.3 is 9.73 Å². The third-order valence-corrected chi connectivity index (χ3v) is 3.43. The molecule has 0 bridgehead atoms. The number of nitrogens with one attached hydrogen (secondary N) is 1. The van der Waals surface area contributed by atoms with Crippen LogP contribution in [0.3, 0.4) is 0 Å². The van der Waals surface area contributed by atoms with Gasteiger partial charge in [0.15, 0.2) is 0 Å². The van der Waals surface area contributed by atoms with E-state index in [0.29, 0.717) is 0 Å². The molecule has 2 rings (SSSR count). The smallest absolute Gasteiger partial charge is 0.101 e. The second-order valence-electron chi connectivity index (χ2n) is 4.71. The number of halogens is 1. The van der Waals surface area contributed by atoms with E-state index in [-0.39, 0.29) is 6.04 Å². The Morgan fingerprint density at radius 2 is 2.21 bits per heavy atom. The summed E-state index contributed by atoms with van der Waals surface area (Å²) in [5, 5.41) is 3.56. The van der Waals surface area contributed by atoms with E-state index in [0.717, 1.165) is 29.6 Å². The van der Waals surface area contributed by atoms with Crippen LogP contribution in [0, 0.1) is 6.92 Å². The molecule has 2 heterocycles. The quantitative estimate of drug-likeness (QED) is 0.872. The highest BCUT2D eigenvalue weighted by Crippen LogP contribution is 2.22. The van der Waals surface area contributed by atoms with E-state index in [9.17, 15) is 0 Å². The number of hydrogen-bond donors (Lipinski definition) is 1. The molecule has 102 valence electrons. The number of furan rings is 1. The summed E-state index contributed by atoms with van der Waals surface area (Å²) in [6.45, 7) is 5.14. The van der Waals surface area contributed by atoms with Crippen LogP contribution in [0.4, 0.5) is 0 Å². The van der Waals surface area contributed by atoms with Gasteiger partial charge in [-0.1, -0.05) is 6.92 Å². The van der Waals surface area contributed by atoms with Crippen molar-refractivity contribution in [2.75, 3.05) is 6.54 Å². The van der Waals surface area contributed by atoms with Crippen molar-refractivity contribution < 1.29 is 4.42 Å². The second kappa shape index (κ2) is 6.87. The first-order valence-electron chi connectivity index (χ1n) is 6.57. The molecule has 0 aliphatic carbocycles. The maximum atomic E-state index is 5.42. The summed E-state index contributed by atoms with van der Waals surface area (Å²) in [4.78, 5) is 4.22. The van der Waals surface area contributed by atoms with Crippen LogP contribution in [0.25, 0.3) is 0 Å². The standard InChI is InChI=1S/C15H19BrN2O/c1-3-4-18-15(13-5-11(2)19-10-13)7-12-6-14(16)9-17-8-12/h5-6,8-10,15,18H,3-4,7H2,1-2H3. The lowest BCUT2D eigenvalue weighted by Gasteiger charge is -2.17. The normalized spacial score (nSPS) is 12.6. The monoisotopic (exact) mass is 322 g/mol. The summed E-state index contributed by atoms with van der Waals surface area (Å²) < 4.78 is 6.44. The minimum Gasteiger partial charge on any atom is -0.469 e. The zero-order valence-corrected chi connectivity index (χ0v) is 12.9.